The van der Waals surface area contributed by atoms with Crippen LogP contribution in [0.1, 0.15) is 27.2 Å². The summed E-state index contributed by atoms with van der Waals surface area (Å²) in [4.78, 5) is 0. The van der Waals surface area contributed by atoms with Gasteiger partial charge in [-0.2, -0.15) is 0 Å². The molecule has 1 fully saturated rings. The van der Waals surface area contributed by atoms with Crippen LogP contribution in [0, 0.1) is 0 Å². The van der Waals surface area contributed by atoms with Crippen LogP contribution in [0.5, 0.6) is 0 Å². The summed E-state index contributed by atoms with van der Waals surface area (Å²) in [5, 5.41) is 8.38. The molecule has 0 aromatic carbocycles. The Morgan fingerprint density at radius 2 is 2.00 bits per heavy atom. The van der Waals surface area contributed by atoms with E-state index in [0.29, 0.717) is 6.42 Å². The van der Waals surface area contributed by atoms with Crippen molar-refractivity contribution in [2.24, 2.45) is 0 Å². The van der Waals surface area contributed by atoms with Gasteiger partial charge in [0.25, 0.3) is 0 Å². The molecule has 1 aliphatic heterocycles. The van der Waals surface area contributed by atoms with E-state index in [1.807, 2.05) is 0 Å². The third-order valence-electron chi connectivity index (χ3n) is 1.96. The van der Waals surface area contributed by atoms with Crippen LogP contribution >= 0.6 is 7.60 Å². The van der Waals surface area contributed by atoms with Crippen LogP contribution in [0.3, 0.4) is 0 Å². The van der Waals surface area contributed by atoms with Crippen molar-refractivity contribution in [2.45, 2.75) is 38.1 Å². The Balaban J connectivity index is 3.00. The van der Waals surface area contributed by atoms with E-state index in [9.17, 15) is 9.67 Å². The second-order valence-corrected chi connectivity index (χ2v) is 6.43. The maximum atomic E-state index is 11.8. The van der Waals surface area contributed by atoms with Crippen molar-refractivity contribution < 1.29 is 18.7 Å². The molecule has 1 heterocycles. The van der Waals surface area contributed by atoms with Crippen molar-refractivity contribution in [3.05, 3.63) is 0 Å². The summed E-state index contributed by atoms with van der Waals surface area (Å²) in [6, 6.07) is 0. The van der Waals surface area contributed by atoms with Crippen molar-refractivity contribution in [3.8, 4) is 0 Å². The molecule has 0 bridgehead atoms. The lowest BCUT2D eigenvalue weighted by atomic mass is 10.0. The summed E-state index contributed by atoms with van der Waals surface area (Å²) < 4.78 is 21.7. The normalized spacial score (nSPS) is 46.4. The van der Waals surface area contributed by atoms with Crippen LogP contribution in [-0.2, 0) is 13.6 Å². The van der Waals surface area contributed by atoms with Crippen LogP contribution < -0.4 is 0 Å². The fraction of sp³-hybridized carbons (Fsp3) is 1.00. The van der Waals surface area contributed by atoms with Crippen molar-refractivity contribution >= 4 is 7.60 Å². The van der Waals surface area contributed by atoms with Gasteiger partial charge in [-0.1, -0.05) is 0 Å². The molecule has 1 rings (SSSR count). The van der Waals surface area contributed by atoms with E-state index < -0.39 is 18.5 Å². The predicted molar refractivity (Wildman–Crippen MR) is 45.0 cm³/mol. The van der Waals surface area contributed by atoms with Gasteiger partial charge in [-0.15, -0.1) is 0 Å². The smallest absolute Gasteiger partial charge is 0.361 e. The SMILES string of the molecule is COP1(=O)OC(C)(C)C[C@@]1(C)O. The highest BCUT2D eigenvalue weighted by atomic mass is 31.2. The molecule has 0 spiro atoms. The number of rotatable bonds is 1. The van der Waals surface area contributed by atoms with Gasteiger partial charge in [0.05, 0.1) is 5.60 Å². The fourth-order valence-corrected chi connectivity index (χ4v) is 3.55. The maximum absolute atomic E-state index is 11.8. The molecule has 1 aliphatic rings. The lowest BCUT2D eigenvalue weighted by Crippen LogP contribution is -2.24. The van der Waals surface area contributed by atoms with E-state index in [1.54, 1.807) is 13.8 Å². The Morgan fingerprint density at radius 1 is 1.50 bits per heavy atom. The number of hydrogen-bond donors (Lipinski definition) is 1. The molecular weight excluding hydrogens is 179 g/mol. The molecule has 5 heteroatoms. The summed E-state index contributed by atoms with van der Waals surface area (Å²) in [5.41, 5.74) is -0.574. The first-order valence-corrected chi connectivity index (χ1v) is 5.36. The Bertz CT molecular complexity index is 234. The third-order valence-corrected chi connectivity index (χ3v) is 4.51. The van der Waals surface area contributed by atoms with Gasteiger partial charge >= 0.3 is 7.60 Å². The first-order chi connectivity index (χ1) is 5.22. The van der Waals surface area contributed by atoms with Gasteiger partial charge in [0, 0.05) is 13.5 Å². The van der Waals surface area contributed by atoms with Crippen LogP contribution in [0.25, 0.3) is 0 Å². The molecule has 72 valence electrons. The molecule has 0 aromatic rings. The van der Waals surface area contributed by atoms with Gasteiger partial charge in [-0.25, -0.2) is 0 Å². The summed E-state index contributed by atoms with van der Waals surface area (Å²) in [5.74, 6) is 0. The van der Waals surface area contributed by atoms with E-state index in [-0.39, 0.29) is 0 Å². The van der Waals surface area contributed by atoms with Crippen LogP contribution in [-0.4, -0.2) is 23.2 Å². The molecule has 1 saturated heterocycles. The number of aliphatic hydroxyl groups is 1. The van der Waals surface area contributed by atoms with Gasteiger partial charge in [0.15, 0.2) is 5.34 Å². The first-order valence-electron chi connectivity index (χ1n) is 3.81. The minimum Gasteiger partial charge on any atom is -0.377 e. The monoisotopic (exact) mass is 194 g/mol. The van der Waals surface area contributed by atoms with Crippen LogP contribution in [0.4, 0.5) is 0 Å². The van der Waals surface area contributed by atoms with E-state index in [4.69, 9.17) is 9.05 Å². The zero-order valence-electron chi connectivity index (χ0n) is 7.83. The third kappa shape index (κ3) is 1.44. The average Bonchev–Trinajstić information content (AvgIpc) is 1.98. The Morgan fingerprint density at radius 3 is 2.17 bits per heavy atom. The lowest BCUT2D eigenvalue weighted by Gasteiger charge is -2.20. The summed E-state index contributed by atoms with van der Waals surface area (Å²) in [6.45, 7) is 5.03. The van der Waals surface area contributed by atoms with E-state index in [0.717, 1.165) is 0 Å². The largest absolute Gasteiger partial charge is 0.377 e. The zero-order valence-corrected chi connectivity index (χ0v) is 8.72. The summed E-state index contributed by atoms with van der Waals surface area (Å²) in [7, 11) is -2.03. The standard InChI is InChI=1S/C7H15O4P/c1-6(2)5-7(3,8)12(9,10-4)11-6/h8H,5H2,1-4H3/t7-,12?/m0/s1. The number of hydrogen-bond acceptors (Lipinski definition) is 4. The Labute approximate surface area is 72.4 Å². The van der Waals surface area contributed by atoms with Crippen molar-refractivity contribution in [1.82, 2.24) is 0 Å². The van der Waals surface area contributed by atoms with Crippen LogP contribution in [0.15, 0.2) is 0 Å². The zero-order chi connectivity index (χ0) is 9.62. The average molecular weight is 194 g/mol. The minimum absolute atomic E-state index is 0.325. The van der Waals surface area contributed by atoms with Crippen molar-refractivity contribution in [2.75, 3.05) is 7.11 Å². The van der Waals surface area contributed by atoms with E-state index >= 15 is 0 Å². The Kier molecular flexibility index (Phi) is 2.16. The van der Waals surface area contributed by atoms with Gasteiger partial charge in [0.1, 0.15) is 0 Å². The van der Waals surface area contributed by atoms with Crippen LogP contribution in [0.2, 0.25) is 0 Å². The van der Waals surface area contributed by atoms with E-state index in [1.165, 1.54) is 14.0 Å². The Hall–Kier alpha value is 0.110. The highest BCUT2D eigenvalue weighted by Crippen LogP contribution is 2.68. The van der Waals surface area contributed by atoms with E-state index in [2.05, 4.69) is 0 Å². The molecule has 12 heavy (non-hydrogen) atoms. The molecule has 1 unspecified atom stereocenters. The topological polar surface area (TPSA) is 55.8 Å². The lowest BCUT2D eigenvalue weighted by molar-refractivity contribution is 0.0928. The predicted octanol–water partition coefficient (Wildman–Crippen LogP) is 1.73. The maximum Gasteiger partial charge on any atom is 0.361 e. The molecular formula is C7H15O4P. The molecule has 0 radical (unpaired) electrons. The second-order valence-electron chi connectivity index (χ2n) is 3.92. The van der Waals surface area contributed by atoms with Gasteiger partial charge < -0.3 is 14.2 Å². The molecule has 0 amide bonds. The highest BCUT2D eigenvalue weighted by molar-refractivity contribution is 7.55. The minimum atomic E-state index is -3.32. The van der Waals surface area contributed by atoms with Gasteiger partial charge in [-0.05, 0) is 20.8 Å². The van der Waals surface area contributed by atoms with Gasteiger partial charge in [0.2, 0.25) is 0 Å². The molecule has 1 N–H and O–H groups in total. The summed E-state index contributed by atoms with van der Waals surface area (Å²) >= 11 is 0. The quantitative estimate of drug-likeness (QED) is 0.646. The summed E-state index contributed by atoms with van der Waals surface area (Å²) in [6.07, 6.45) is 0.325. The molecule has 4 nitrogen and oxygen atoms in total. The van der Waals surface area contributed by atoms with Crippen molar-refractivity contribution in [1.29, 1.82) is 0 Å². The first kappa shape index (κ1) is 10.2. The molecule has 0 aliphatic carbocycles. The molecule has 2 atom stereocenters. The molecule has 0 aromatic heterocycles. The second kappa shape index (κ2) is 2.55. The van der Waals surface area contributed by atoms with Crippen molar-refractivity contribution in [3.63, 3.8) is 0 Å². The van der Waals surface area contributed by atoms with Gasteiger partial charge in [-0.3, -0.25) is 4.57 Å². The molecule has 0 saturated carbocycles. The fourth-order valence-electron chi connectivity index (χ4n) is 1.59. The highest BCUT2D eigenvalue weighted by Gasteiger charge is 2.57.